The first-order valence-electron chi connectivity index (χ1n) is 10.0. The summed E-state index contributed by atoms with van der Waals surface area (Å²) in [7, 11) is 1.68. The van der Waals surface area contributed by atoms with Gasteiger partial charge in [0.15, 0.2) is 6.29 Å². The Hall–Kier alpha value is -2.16. The summed E-state index contributed by atoms with van der Waals surface area (Å²) < 4.78 is 12.4. The van der Waals surface area contributed by atoms with Crippen molar-refractivity contribution in [3.63, 3.8) is 0 Å². The van der Waals surface area contributed by atoms with Crippen LogP contribution in [-0.2, 0) is 14.9 Å². The van der Waals surface area contributed by atoms with Crippen molar-refractivity contribution < 1.29 is 14.3 Å². The summed E-state index contributed by atoms with van der Waals surface area (Å²) in [5.41, 5.74) is 3.27. The summed E-state index contributed by atoms with van der Waals surface area (Å²) in [6, 6.07) is 8.66. The fourth-order valence-corrected chi connectivity index (χ4v) is 4.11. The van der Waals surface area contributed by atoms with Crippen LogP contribution in [0, 0.1) is 11.3 Å². The predicted octanol–water partition coefficient (Wildman–Crippen LogP) is 4.63. The largest absolute Gasteiger partial charge is 0.385 e. The molecule has 2 aromatic rings. The number of hydrogen-bond acceptors (Lipinski definition) is 4. The number of nitrogens with zero attached hydrogens (tertiary/aromatic N) is 2. The van der Waals surface area contributed by atoms with Crippen molar-refractivity contribution in [1.82, 2.24) is 4.40 Å². The molecule has 2 aliphatic rings. The molecule has 1 unspecified atom stereocenters. The number of carbonyl (C=O) groups excluding carboxylic acids is 1. The molecular weight excluding hydrogens is 352 g/mol. The van der Waals surface area contributed by atoms with E-state index in [1.54, 1.807) is 7.11 Å². The first kappa shape index (κ1) is 20.6. The molecule has 1 aliphatic heterocycles. The Labute approximate surface area is 167 Å². The summed E-state index contributed by atoms with van der Waals surface area (Å²) in [5, 5.41) is 9.53. The first-order valence-corrected chi connectivity index (χ1v) is 10.0. The normalized spacial score (nSPS) is 22.0. The molecule has 0 radical (unpaired) electrons. The Morgan fingerprint density at radius 3 is 2.64 bits per heavy atom. The van der Waals surface area contributed by atoms with Gasteiger partial charge in [-0.15, -0.1) is 0 Å². The van der Waals surface area contributed by atoms with E-state index in [9.17, 15) is 10.1 Å². The number of pyridine rings is 1. The lowest BCUT2D eigenvalue weighted by Crippen LogP contribution is -2.33. The zero-order valence-electron chi connectivity index (χ0n) is 17.3. The van der Waals surface area contributed by atoms with Gasteiger partial charge in [0.2, 0.25) is 0 Å². The molecule has 5 nitrogen and oxygen atoms in total. The number of hydrogen-bond donors (Lipinski definition) is 0. The molecule has 4 rings (SSSR count). The lowest BCUT2D eigenvalue weighted by molar-refractivity contribution is -0.0593. The maximum Gasteiger partial charge on any atom is 0.151 e. The Bertz CT molecular complexity index is 885. The third-order valence-corrected chi connectivity index (χ3v) is 5.83. The van der Waals surface area contributed by atoms with Gasteiger partial charge in [0.1, 0.15) is 0 Å². The van der Waals surface area contributed by atoms with Gasteiger partial charge in [-0.1, -0.05) is 0 Å². The van der Waals surface area contributed by atoms with Crippen molar-refractivity contribution >= 4 is 11.8 Å². The monoisotopic (exact) mass is 382 g/mol. The van der Waals surface area contributed by atoms with Gasteiger partial charge in [0, 0.05) is 37.6 Å². The van der Waals surface area contributed by atoms with Crippen LogP contribution in [-0.4, -0.2) is 36.6 Å². The van der Waals surface area contributed by atoms with Gasteiger partial charge in [-0.05, 0) is 76.1 Å². The standard InChI is InChI=1S/C20H22N2O2.C3H8O/c1-19(2)11-15(4-8-24-19)14-3-7-22-17(9-14)10-16(12-23)18(22)20(13-21)5-6-20;1-3-4-2/h3,7,9-10,12,15H,4-6,8,11H2,1-2H3;3H2,1-2H3. The van der Waals surface area contributed by atoms with Crippen molar-refractivity contribution in [3.8, 4) is 6.07 Å². The number of ether oxygens (including phenoxy) is 2. The van der Waals surface area contributed by atoms with Gasteiger partial charge in [-0.2, -0.15) is 5.26 Å². The smallest absolute Gasteiger partial charge is 0.151 e. The molecule has 1 saturated heterocycles. The molecule has 3 heterocycles. The van der Waals surface area contributed by atoms with E-state index in [0.29, 0.717) is 11.5 Å². The van der Waals surface area contributed by atoms with Gasteiger partial charge in [0.05, 0.1) is 22.8 Å². The highest BCUT2D eigenvalue weighted by atomic mass is 16.5. The highest BCUT2D eigenvalue weighted by Gasteiger charge is 2.48. The maximum atomic E-state index is 11.5. The van der Waals surface area contributed by atoms with Crippen LogP contribution in [0.5, 0.6) is 0 Å². The van der Waals surface area contributed by atoms with E-state index in [4.69, 9.17) is 4.74 Å². The lowest BCUT2D eigenvalue weighted by atomic mass is 9.84. The van der Waals surface area contributed by atoms with E-state index >= 15 is 0 Å². The molecule has 1 aliphatic carbocycles. The van der Waals surface area contributed by atoms with Gasteiger partial charge in [-0.3, -0.25) is 4.79 Å². The van der Waals surface area contributed by atoms with Crippen LogP contribution in [0.15, 0.2) is 24.4 Å². The Kier molecular flexibility index (Phi) is 5.92. The maximum absolute atomic E-state index is 11.5. The third-order valence-electron chi connectivity index (χ3n) is 5.83. The van der Waals surface area contributed by atoms with E-state index in [1.165, 1.54) is 5.56 Å². The molecule has 2 fully saturated rings. The molecule has 0 amide bonds. The van der Waals surface area contributed by atoms with Gasteiger partial charge in [0.25, 0.3) is 0 Å². The summed E-state index contributed by atoms with van der Waals surface area (Å²) in [6.45, 7) is 7.84. The molecule has 0 bridgehead atoms. The molecule has 0 spiro atoms. The number of fused-ring (bicyclic) bond motifs is 1. The SMILES string of the molecule is CC1(C)CC(c2ccn3c(C4(C#N)CC4)c(C=O)cc3c2)CCO1.CCOC. The summed E-state index contributed by atoms with van der Waals surface area (Å²) in [6.07, 6.45) is 6.62. The Morgan fingerprint density at radius 1 is 1.39 bits per heavy atom. The Balaban J connectivity index is 0.000000516. The fraction of sp³-hybridized carbons (Fsp3) is 0.565. The van der Waals surface area contributed by atoms with Gasteiger partial charge in [-0.25, -0.2) is 0 Å². The van der Waals surface area contributed by atoms with E-state index in [-0.39, 0.29) is 5.60 Å². The zero-order chi connectivity index (χ0) is 20.4. The van der Waals surface area contributed by atoms with Crippen molar-refractivity contribution in [3.05, 3.63) is 41.2 Å². The number of rotatable bonds is 4. The van der Waals surface area contributed by atoms with E-state index < -0.39 is 5.41 Å². The Morgan fingerprint density at radius 2 is 2.11 bits per heavy atom. The van der Waals surface area contributed by atoms with Crippen molar-refractivity contribution in [1.29, 1.82) is 5.26 Å². The van der Waals surface area contributed by atoms with Crippen LogP contribution in [0.3, 0.4) is 0 Å². The summed E-state index contributed by atoms with van der Waals surface area (Å²) in [4.78, 5) is 11.5. The molecule has 28 heavy (non-hydrogen) atoms. The minimum Gasteiger partial charge on any atom is -0.385 e. The van der Waals surface area contributed by atoms with E-state index in [2.05, 4.69) is 36.8 Å². The van der Waals surface area contributed by atoms with Crippen LogP contribution in [0.2, 0.25) is 0 Å². The fourth-order valence-electron chi connectivity index (χ4n) is 4.11. The predicted molar refractivity (Wildman–Crippen MR) is 109 cm³/mol. The van der Waals surface area contributed by atoms with E-state index in [0.717, 1.165) is 56.4 Å². The third kappa shape index (κ3) is 3.99. The van der Waals surface area contributed by atoms with Crippen molar-refractivity contribution in [2.75, 3.05) is 20.3 Å². The van der Waals surface area contributed by atoms with Crippen LogP contribution < -0.4 is 0 Å². The number of aldehydes is 1. The van der Waals surface area contributed by atoms with Gasteiger partial charge >= 0.3 is 0 Å². The topological polar surface area (TPSA) is 63.7 Å². The molecule has 1 saturated carbocycles. The van der Waals surface area contributed by atoms with Gasteiger partial charge < -0.3 is 13.9 Å². The first-order chi connectivity index (χ1) is 13.4. The molecule has 150 valence electrons. The highest BCUT2D eigenvalue weighted by Crippen LogP contribution is 2.49. The van der Waals surface area contributed by atoms with E-state index in [1.807, 2.05) is 23.6 Å². The van der Waals surface area contributed by atoms with Crippen LogP contribution in [0.1, 0.15) is 74.0 Å². The molecule has 1 atom stereocenters. The summed E-state index contributed by atoms with van der Waals surface area (Å²) in [5.74, 6) is 0.475. The highest BCUT2D eigenvalue weighted by molar-refractivity contribution is 5.82. The molecule has 2 aromatic heterocycles. The number of aromatic nitrogens is 1. The lowest BCUT2D eigenvalue weighted by Gasteiger charge is -2.35. The number of methoxy groups -OCH3 is 1. The number of nitriles is 1. The van der Waals surface area contributed by atoms with Crippen LogP contribution >= 0.6 is 0 Å². The molecule has 0 N–H and O–H groups in total. The quantitative estimate of drug-likeness (QED) is 0.723. The molecule has 0 aromatic carbocycles. The second-order valence-corrected chi connectivity index (χ2v) is 8.39. The molecular formula is C23H30N2O3. The second kappa shape index (κ2) is 8.06. The number of carbonyl (C=O) groups is 1. The average Bonchev–Trinajstić information content (AvgIpc) is 3.40. The van der Waals surface area contributed by atoms with Crippen molar-refractivity contribution in [2.45, 2.75) is 63.4 Å². The van der Waals surface area contributed by atoms with Crippen LogP contribution in [0.4, 0.5) is 0 Å². The van der Waals surface area contributed by atoms with Crippen LogP contribution in [0.25, 0.3) is 5.52 Å². The van der Waals surface area contributed by atoms with Crippen molar-refractivity contribution in [2.24, 2.45) is 0 Å². The average molecular weight is 383 g/mol. The molecule has 5 heteroatoms. The minimum atomic E-state index is -0.467. The minimum absolute atomic E-state index is 0.0883. The summed E-state index contributed by atoms with van der Waals surface area (Å²) >= 11 is 0. The zero-order valence-corrected chi connectivity index (χ0v) is 17.3. The second-order valence-electron chi connectivity index (χ2n) is 8.39.